The van der Waals surface area contributed by atoms with Gasteiger partial charge in [0.15, 0.2) is 0 Å². The zero-order chi connectivity index (χ0) is 13.1. The molecule has 2 nitrogen and oxygen atoms in total. The van der Waals surface area contributed by atoms with Crippen molar-refractivity contribution in [2.75, 3.05) is 18.0 Å². The Morgan fingerprint density at radius 1 is 1.33 bits per heavy atom. The van der Waals surface area contributed by atoms with Crippen molar-refractivity contribution in [1.29, 1.82) is 0 Å². The van der Waals surface area contributed by atoms with Crippen molar-refractivity contribution in [3.05, 3.63) is 29.3 Å². The highest BCUT2D eigenvalue weighted by Gasteiger charge is 2.25. The number of rotatable bonds is 3. The molecule has 0 radical (unpaired) electrons. The fourth-order valence-electron chi connectivity index (χ4n) is 2.84. The summed E-state index contributed by atoms with van der Waals surface area (Å²) >= 11 is 0. The number of piperazine rings is 1. The smallest absolute Gasteiger partial charge is 0.0401 e. The summed E-state index contributed by atoms with van der Waals surface area (Å²) in [6.07, 6.45) is 2.53. The lowest BCUT2D eigenvalue weighted by Crippen LogP contribution is -2.55. The first-order valence-electron chi connectivity index (χ1n) is 7.19. The largest absolute Gasteiger partial charge is 0.366 e. The Hall–Kier alpha value is -1.02. The third-order valence-electron chi connectivity index (χ3n) is 3.96. The maximum atomic E-state index is 3.66. The van der Waals surface area contributed by atoms with Crippen molar-refractivity contribution in [1.82, 2.24) is 5.32 Å². The highest BCUT2D eigenvalue weighted by Crippen LogP contribution is 2.25. The molecule has 1 heterocycles. The molecule has 1 N–H and O–H groups in total. The van der Waals surface area contributed by atoms with Crippen molar-refractivity contribution in [2.45, 2.75) is 52.6 Å². The highest BCUT2D eigenvalue weighted by atomic mass is 15.2. The number of nitrogens with one attached hydrogen (secondary N) is 1. The Labute approximate surface area is 111 Å². The predicted octanol–water partition coefficient (Wildman–Crippen LogP) is 3.27. The van der Waals surface area contributed by atoms with Crippen molar-refractivity contribution < 1.29 is 0 Å². The summed E-state index contributed by atoms with van der Waals surface area (Å²) in [5.74, 6) is 0. The molecular weight excluding hydrogens is 220 g/mol. The Morgan fingerprint density at radius 2 is 2.11 bits per heavy atom. The van der Waals surface area contributed by atoms with Gasteiger partial charge in [-0.25, -0.2) is 0 Å². The molecule has 1 fully saturated rings. The second kappa shape index (κ2) is 5.75. The molecule has 0 bridgehead atoms. The lowest BCUT2D eigenvalue weighted by molar-refractivity contribution is 0.386. The van der Waals surface area contributed by atoms with Crippen molar-refractivity contribution in [3.63, 3.8) is 0 Å². The van der Waals surface area contributed by atoms with E-state index in [1.54, 1.807) is 0 Å². The van der Waals surface area contributed by atoms with Gasteiger partial charge in [-0.3, -0.25) is 0 Å². The Kier molecular flexibility index (Phi) is 4.28. The Morgan fingerprint density at radius 3 is 2.83 bits per heavy atom. The average molecular weight is 246 g/mol. The van der Waals surface area contributed by atoms with Crippen LogP contribution in [0, 0.1) is 13.8 Å². The van der Waals surface area contributed by atoms with Crippen LogP contribution in [0.3, 0.4) is 0 Å². The summed E-state index contributed by atoms with van der Waals surface area (Å²) in [5.41, 5.74) is 4.17. The number of nitrogens with zero attached hydrogens (tertiary/aromatic N) is 1. The second-order valence-corrected chi connectivity index (χ2v) is 5.69. The van der Waals surface area contributed by atoms with E-state index in [1.807, 2.05) is 0 Å². The summed E-state index contributed by atoms with van der Waals surface area (Å²) in [4.78, 5) is 2.58. The normalized spacial score (nSPS) is 24.3. The lowest BCUT2D eigenvalue weighted by atomic mass is 10.0. The minimum absolute atomic E-state index is 0.582. The van der Waals surface area contributed by atoms with Gasteiger partial charge in [-0.1, -0.05) is 25.5 Å². The number of aryl methyl sites for hydroxylation is 2. The molecule has 18 heavy (non-hydrogen) atoms. The van der Waals surface area contributed by atoms with Crippen LogP contribution in [0.25, 0.3) is 0 Å². The molecule has 2 rings (SSSR count). The Balaban J connectivity index is 2.21. The van der Waals surface area contributed by atoms with Crippen LogP contribution in [0.4, 0.5) is 5.69 Å². The molecule has 2 unspecified atom stereocenters. The Bertz CT molecular complexity index is 400. The third-order valence-corrected chi connectivity index (χ3v) is 3.96. The number of hydrogen-bond donors (Lipinski definition) is 1. The SMILES string of the molecule is CCCC1CN(c2cc(C)ccc2C)C(C)CN1. The van der Waals surface area contributed by atoms with Crippen LogP contribution in [0.5, 0.6) is 0 Å². The van der Waals surface area contributed by atoms with Gasteiger partial charge in [0, 0.05) is 30.9 Å². The maximum absolute atomic E-state index is 3.66. The molecule has 1 aromatic rings. The van der Waals surface area contributed by atoms with Crippen LogP contribution in [-0.2, 0) is 0 Å². The topological polar surface area (TPSA) is 15.3 Å². The molecule has 1 aliphatic heterocycles. The van der Waals surface area contributed by atoms with E-state index in [-0.39, 0.29) is 0 Å². The minimum atomic E-state index is 0.582. The maximum Gasteiger partial charge on any atom is 0.0401 e. The van der Waals surface area contributed by atoms with Gasteiger partial charge in [0.05, 0.1) is 0 Å². The fraction of sp³-hybridized carbons (Fsp3) is 0.625. The number of benzene rings is 1. The van der Waals surface area contributed by atoms with Crippen LogP contribution in [0.1, 0.15) is 37.8 Å². The summed E-state index contributed by atoms with van der Waals surface area (Å²) in [6, 6.07) is 8.01. The van der Waals surface area contributed by atoms with Crippen molar-refractivity contribution in [3.8, 4) is 0 Å². The summed E-state index contributed by atoms with van der Waals surface area (Å²) < 4.78 is 0. The molecule has 0 saturated carbocycles. The average Bonchev–Trinajstić information content (AvgIpc) is 2.35. The molecule has 0 spiro atoms. The first kappa shape index (κ1) is 13.4. The molecule has 1 aliphatic rings. The predicted molar refractivity (Wildman–Crippen MR) is 79.4 cm³/mol. The van der Waals surface area contributed by atoms with E-state index < -0.39 is 0 Å². The molecule has 2 heteroatoms. The molecule has 0 aliphatic carbocycles. The molecule has 1 saturated heterocycles. The molecule has 2 atom stereocenters. The monoisotopic (exact) mass is 246 g/mol. The zero-order valence-corrected chi connectivity index (χ0v) is 12.2. The van der Waals surface area contributed by atoms with Gasteiger partial charge < -0.3 is 10.2 Å². The second-order valence-electron chi connectivity index (χ2n) is 5.69. The quantitative estimate of drug-likeness (QED) is 0.880. The molecule has 1 aromatic carbocycles. The van der Waals surface area contributed by atoms with Crippen LogP contribution >= 0.6 is 0 Å². The number of anilines is 1. The fourth-order valence-corrected chi connectivity index (χ4v) is 2.84. The minimum Gasteiger partial charge on any atom is -0.366 e. The molecule has 0 amide bonds. The van der Waals surface area contributed by atoms with E-state index >= 15 is 0 Å². The first-order chi connectivity index (χ1) is 8.61. The summed E-state index contributed by atoms with van der Waals surface area (Å²) in [6.45, 7) is 11.2. The van der Waals surface area contributed by atoms with Crippen LogP contribution in [-0.4, -0.2) is 25.2 Å². The molecular formula is C16H26N2. The van der Waals surface area contributed by atoms with E-state index in [0.717, 1.165) is 13.1 Å². The van der Waals surface area contributed by atoms with Crippen molar-refractivity contribution in [2.24, 2.45) is 0 Å². The standard InChI is InChI=1S/C16H26N2/c1-5-6-15-11-18(14(4)10-17-15)16-9-12(2)7-8-13(16)3/h7-9,14-15,17H,5-6,10-11H2,1-4H3. The van der Waals surface area contributed by atoms with Crippen LogP contribution in [0.15, 0.2) is 18.2 Å². The van der Waals surface area contributed by atoms with E-state index in [9.17, 15) is 0 Å². The van der Waals surface area contributed by atoms with Gasteiger partial charge in [0.25, 0.3) is 0 Å². The van der Waals surface area contributed by atoms with Gasteiger partial charge in [-0.2, -0.15) is 0 Å². The lowest BCUT2D eigenvalue weighted by Gasteiger charge is -2.41. The van der Waals surface area contributed by atoms with E-state index in [4.69, 9.17) is 0 Å². The number of hydrogen-bond acceptors (Lipinski definition) is 2. The van der Waals surface area contributed by atoms with Gasteiger partial charge in [0.2, 0.25) is 0 Å². The van der Waals surface area contributed by atoms with Gasteiger partial charge >= 0.3 is 0 Å². The van der Waals surface area contributed by atoms with E-state index in [2.05, 4.69) is 56.1 Å². The first-order valence-corrected chi connectivity index (χ1v) is 7.19. The van der Waals surface area contributed by atoms with E-state index in [1.165, 1.54) is 29.7 Å². The van der Waals surface area contributed by atoms with Crippen LogP contribution < -0.4 is 10.2 Å². The van der Waals surface area contributed by atoms with Crippen molar-refractivity contribution >= 4 is 5.69 Å². The van der Waals surface area contributed by atoms with Gasteiger partial charge in [-0.15, -0.1) is 0 Å². The zero-order valence-electron chi connectivity index (χ0n) is 12.2. The third kappa shape index (κ3) is 2.86. The van der Waals surface area contributed by atoms with E-state index in [0.29, 0.717) is 12.1 Å². The molecule has 0 aromatic heterocycles. The van der Waals surface area contributed by atoms with Gasteiger partial charge in [0.1, 0.15) is 0 Å². The summed E-state index contributed by atoms with van der Waals surface area (Å²) in [7, 11) is 0. The van der Waals surface area contributed by atoms with Gasteiger partial charge in [-0.05, 0) is 44.4 Å². The highest BCUT2D eigenvalue weighted by molar-refractivity contribution is 5.56. The van der Waals surface area contributed by atoms with Crippen LogP contribution in [0.2, 0.25) is 0 Å². The summed E-state index contributed by atoms with van der Waals surface area (Å²) in [5, 5.41) is 3.66. The molecule has 100 valence electrons.